The Morgan fingerprint density at radius 3 is 2.88 bits per heavy atom. The quantitative estimate of drug-likeness (QED) is 0.760. The Labute approximate surface area is 150 Å². The number of ether oxygens (including phenoxy) is 1. The number of nitrogens with one attached hydrogen (secondary N) is 1. The van der Waals surface area contributed by atoms with E-state index in [1.54, 1.807) is 13.3 Å². The largest absolute Gasteiger partial charge is 0.497 e. The molecule has 25 heavy (non-hydrogen) atoms. The number of rotatable bonds is 9. The van der Waals surface area contributed by atoms with Crippen molar-refractivity contribution in [2.45, 2.75) is 26.2 Å². The lowest BCUT2D eigenvalue weighted by molar-refractivity contribution is 0.0949. The van der Waals surface area contributed by atoms with Crippen LogP contribution in [-0.4, -0.2) is 38.1 Å². The molecule has 0 bridgehead atoms. The number of nitrogens with zero attached hydrogens (tertiary/aromatic N) is 2. The monoisotopic (exact) mass is 341 g/mol. The Hall–Kier alpha value is -2.56. The van der Waals surface area contributed by atoms with Gasteiger partial charge in [0.2, 0.25) is 0 Å². The third kappa shape index (κ3) is 5.78. The van der Waals surface area contributed by atoms with E-state index in [-0.39, 0.29) is 5.91 Å². The smallest absolute Gasteiger partial charge is 0.269 e. The number of aromatic nitrogens is 1. The first-order valence-corrected chi connectivity index (χ1v) is 8.72. The summed E-state index contributed by atoms with van der Waals surface area (Å²) in [7, 11) is 3.69. The molecule has 0 aliphatic carbocycles. The summed E-state index contributed by atoms with van der Waals surface area (Å²) < 4.78 is 5.21. The third-order valence-electron chi connectivity index (χ3n) is 4.10. The van der Waals surface area contributed by atoms with Crippen LogP contribution in [0.4, 0.5) is 5.69 Å². The van der Waals surface area contributed by atoms with Gasteiger partial charge in [0.25, 0.3) is 5.91 Å². The van der Waals surface area contributed by atoms with Gasteiger partial charge in [-0.1, -0.05) is 25.5 Å². The van der Waals surface area contributed by atoms with E-state index < -0.39 is 0 Å². The van der Waals surface area contributed by atoms with Crippen molar-refractivity contribution in [3.8, 4) is 5.75 Å². The van der Waals surface area contributed by atoms with E-state index in [0.717, 1.165) is 42.8 Å². The summed E-state index contributed by atoms with van der Waals surface area (Å²) >= 11 is 0. The molecule has 0 radical (unpaired) electrons. The van der Waals surface area contributed by atoms with Gasteiger partial charge >= 0.3 is 0 Å². The molecule has 0 unspecified atom stereocenters. The van der Waals surface area contributed by atoms with Gasteiger partial charge in [-0.05, 0) is 42.7 Å². The predicted octanol–water partition coefficient (Wildman–Crippen LogP) is 3.30. The number of carbonyl (C=O) groups is 1. The maximum absolute atomic E-state index is 12.3. The molecule has 1 amide bonds. The van der Waals surface area contributed by atoms with Crippen LogP contribution in [0, 0.1) is 0 Å². The van der Waals surface area contributed by atoms with Crippen LogP contribution in [0.25, 0.3) is 0 Å². The van der Waals surface area contributed by atoms with E-state index in [2.05, 4.69) is 22.1 Å². The van der Waals surface area contributed by atoms with Crippen molar-refractivity contribution < 1.29 is 9.53 Å². The number of methoxy groups -OCH3 is 1. The van der Waals surface area contributed by atoms with E-state index in [0.29, 0.717) is 12.2 Å². The summed E-state index contributed by atoms with van der Waals surface area (Å²) in [6.45, 7) is 3.70. The number of carbonyl (C=O) groups excluding carboxylic acids is 1. The molecular formula is C20H27N3O2. The van der Waals surface area contributed by atoms with Gasteiger partial charge in [0.15, 0.2) is 0 Å². The van der Waals surface area contributed by atoms with Crippen molar-refractivity contribution in [3.05, 3.63) is 53.9 Å². The fourth-order valence-corrected chi connectivity index (χ4v) is 2.54. The number of hydrogen-bond acceptors (Lipinski definition) is 4. The van der Waals surface area contributed by atoms with Crippen molar-refractivity contribution >= 4 is 11.6 Å². The fourth-order valence-electron chi connectivity index (χ4n) is 2.54. The average molecular weight is 341 g/mol. The Bertz CT molecular complexity index is 688. The van der Waals surface area contributed by atoms with Gasteiger partial charge in [-0.25, -0.2) is 0 Å². The van der Waals surface area contributed by atoms with Crippen LogP contribution in [0.3, 0.4) is 0 Å². The lowest BCUT2D eigenvalue weighted by atomic mass is 10.1. The van der Waals surface area contributed by atoms with E-state index in [4.69, 9.17) is 4.74 Å². The molecule has 0 spiro atoms. The first-order chi connectivity index (χ1) is 12.1. The predicted molar refractivity (Wildman–Crippen MR) is 101 cm³/mol. The van der Waals surface area contributed by atoms with Crippen molar-refractivity contribution in [1.82, 2.24) is 10.3 Å². The van der Waals surface area contributed by atoms with Crippen LogP contribution in [0.1, 0.15) is 35.8 Å². The molecule has 0 saturated heterocycles. The van der Waals surface area contributed by atoms with E-state index in [9.17, 15) is 4.79 Å². The fraction of sp³-hybridized carbons (Fsp3) is 0.400. The molecule has 5 heteroatoms. The molecule has 2 rings (SSSR count). The molecule has 1 heterocycles. The van der Waals surface area contributed by atoms with E-state index >= 15 is 0 Å². The Morgan fingerprint density at radius 1 is 1.28 bits per heavy atom. The van der Waals surface area contributed by atoms with Crippen molar-refractivity contribution in [2.75, 3.05) is 32.1 Å². The maximum Gasteiger partial charge on any atom is 0.269 e. The van der Waals surface area contributed by atoms with Crippen molar-refractivity contribution in [3.63, 3.8) is 0 Å². The summed E-state index contributed by atoms with van der Waals surface area (Å²) in [6, 6.07) is 11.6. The zero-order valence-electron chi connectivity index (χ0n) is 15.3. The van der Waals surface area contributed by atoms with Gasteiger partial charge in [-0.2, -0.15) is 0 Å². The summed E-state index contributed by atoms with van der Waals surface area (Å²) in [6.07, 6.45) is 4.71. The minimum atomic E-state index is -0.145. The number of unbranched alkanes of at least 4 members (excludes halogenated alkanes) is 1. The van der Waals surface area contributed by atoms with Crippen LogP contribution in [0.15, 0.2) is 42.6 Å². The molecule has 1 aromatic carbocycles. The maximum atomic E-state index is 12.3. The molecule has 1 N–H and O–H groups in total. The van der Waals surface area contributed by atoms with Gasteiger partial charge in [0, 0.05) is 32.0 Å². The highest BCUT2D eigenvalue weighted by atomic mass is 16.5. The minimum Gasteiger partial charge on any atom is -0.497 e. The van der Waals surface area contributed by atoms with Crippen LogP contribution >= 0.6 is 0 Å². The van der Waals surface area contributed by atoms with Crippen molar-refractivity contribution in [2.24, 2.45) is 0 Å². The highest BCUT2D eigenvalue weighted by molar-refractivity contribution is 5.93. The van der Waals surface area contributed by atoms with Gasteiger partial charge in [-0.15, -0.1) is 0 Å². The highest BCUT2D eigenvalue weighted by Gasteiger charge is 2.09. The molecule has 0 aliphatic rings. The van der Waals surface area contributed by atoms with Crippen LogP contribution in [0.2, 0.25) is 0 Å². The first-order valence-electron chi connectivity index (χ1n) is 8.72. The molecule has 1 aromatic heterocycles. The molecular weight excluding hydrogens is 314 g/mol. The number of anilines is 1. The Kier molecular flexibility index (Phi) is 7.26. The van der Waals surface area contributed by atoms with Gasteiger partial charge in [0.1, 0.15) is 11.4 Å². The lowest BCUT2D eigenvalue weighted by Gasteiger charge is -2.19. The van der Waals surface area contributed by atoms with E-state index in [1.165, 1.54) is 0 Å². The molecule has 134 valence electrons. The normalized spacial score (nSPS) is 10.4. The summed E-state index contributed by atoms with van der Waals surface area (Å²) in [5, 5.41) is 2.93. The van der Waals surface area contributed by atoms with Crippen LogP contribution in [-0.2, 0) is 6.42 Å². The van der Waals surface area contributed by atoms with Gasteiger partial charge in [0.05, 0.1) is 7.11 Å². The minimum absolute atomic E-state index is 0.145. The molecule has 0 fully saturated rings. The number of benzene rings is 1. The average Bonchev–Trinajstić information content (AvgIpc) is 2.66. The van der Waals surface area contributed by atoms with Gasteiger partial charge in [-0.3, -0.25) is 9.78 Å². The molecule has 0 saturated carbocycles. The molecule has 0 atom stereocenters. The zero-order valence-corrected chi connectivity index (χ0v) is 15.3. The SMILES string of the molecule is CCCCN(C)c1ccnc(C(=O)NCCc2cccc(OC)c2)c1. The number of pyridine rings is 1. The molecule has 0 aliphatic heterocycles. The van der Waals surface area contributed by atoms with Crippen LogP contribution < -0.4 is 15.0 Å². The third-order valence-corrected chi connectivity index (χ3v) is 4.10. The summed E-state index contributed by atoms with van der Waals surface area (Å²) in [4.78, 5) is 18.7. The Balaban J connectivity index is 1.90. The Morgan fingerprint density at radius 2 is 2.12 bits per heavy atom. The second-order valence-corrected chi connectivity index (χ2v) is 6.03. The van der Waals surface area contributed by atoms with Gasteiger partial charge < -0.3 is 15.0 Å². The lowest BCUT2D eigenvalue weighted by Crippen LogP contribution is -2.27. The second-order valence-electron chi connectivity index (χ2n) is 6.03. The van der Waals surface area contributed by atoms with Crippen LogP contribution in [0.5, 0.6) is 5.75 Å². The molecule has 2 aromatic rings. The first kappa shape index (κ1) is 18.8. The summed E-state index contributed by atoms with van der Waals surface area (Å²) in [5.41, 5.74) is 2.59. The zero-order chi connectivity index (χ0) is 18.1. The summed E-state index contributed by atoms with van der Waals surface area (Å²) in [5.74, 6) is 0.682. The van der Waals surface area contributed by atoms with Crippen molar-refractivity contribution in [1.29, 1.82) is 0 Å². The van der Waals surface area contributed by atoms with E-state index in [1.807, 2.05) is 43.4 Å². The number of hydrogen-bond donors (Lipinski definition) is 1. The number of amides is 1. The standard InChI is InChI=1S/C20H27N3O2/c1-4-5-13-23(2)17-10-12-21-19(15-17)20(24)22-11-9-16-7-6-8-18(14-16)25-3/h6-8,10,12,14-15H,4-5,9,11,13H2,1-3H3,(H,22,24). The molecule has 5 nitrogen and oxygen atoms in total. The second kappa shape index (κ2) is 9.67. The highest BCUT2D eigenvalue weighted by Crippen LogP contribution is 2.14. The topological polar surface area (TPSA) is 54.5 Å².